The Morgan fingerprint density at radius 2 is 1.47 bits per heavy atom. The Morgan fingerprint density at radius 3 is 1.74 bits per heavy atom. The molecule has 0 amide bonds. The van der Waals surface area contributed by atoms with Gasteiger partial charge in [-0.3, -0.25) is 0 Å². The van der Waals surface area contributed by atoms with E-state index in [0.717, 1.165) is 12.5 Å². The summed E-state index contributed by atoms with van der Waals surface area (Å²) in [5, 5.41) is 18.6. The molecule has 0 aliphatic heterocycles. The van der Waals surface area contributed by atoms with Crippen LogP contribution in [0, 0.1) is 5.41 Å². The minimum Gasteiger partial charge on any atom is -0.478 e. The summed E-state index contributed by atoms with van der Waals surface area (Å²) in [7, 11) is -1.23. The highest BCUT2D eigenvalue weighted by molar-refractivity contribution is 6.76. The van der Waals surface area contributed by atoms with Gasteiger partial charge in [-0.2, -0.15) is 0 Å². The first-order chi connectivity index (χ1) is 8.36. The summed E-state index contributed by atoms with van der Waals surface area (Å²) >= 11 is 0. The van der Waals surface area contributed by atoms with Crippen LogP contribution in [0.2, 0.25) is 25.7 Å². The number of carbonyl (C=O) groups is 2. The highest BCUT2D eigenvalue weighted by Crippen LogP contribution is 2.31. The molecule has 0 radical (unpaired) electrons. The van der Waals surface area contributed by atoms with Crippen molar-refractivity contribution in [2.24, 2.45) is 5.41 Å². The van der Waals surface area contributed by atoms with Crippen molar-refractivity contribution in [1.29, 1.82) is 0 Å². The molecule has 5 heteroatoms. The van der Waals surface area contributed by atoms with Gasteiger partial charge >= 0.3 is 11.9 Å². The highest BCUT2D eigenvalue weighted by Gasteiger charge is 2.30. The van der Waals surface area contributed by atoms with Crippen molar-refractivity contribution in [3.8, 4) is 0 Å². The zero-order chi connectivity index (χ0) is 15.4. The largest absolute Gasteiger partial charge is 0.478 e. The minimum atomic E-state index is -1.23. The third-order valence-corrected chi connectivity index (χ3v) is 4.73. The van der Waals surface area contributed by atoms with Crippen molar-refractivity contribution in [3.05, 3.63) is 11.1 Å². The second-order valence-corrected chi connectivity index (χ2v) is 12.7. The number of carboxylic acid groups (broad SMARTS) is 2. The third-order valence-electron chi connectivity index (χ3n) is 2.88. The molecule has 0 aliphatic carbocycles. The van der Waals surface area contributed by atoms with Gasteiger partial charge in [-0.05, 0) is 11.8 Å². The summed E-state index contributed by atoms with van der Waals surface area (Å²) in [6.45, 7) is 11.9. The van der Waals surface area contributed by atoms with Crippen molar-refractivity contribution in [3.63, 3.8) is 0 Å². The summed E-state index contributed by atoms with van der Waals surface area (Å²) < 4.78 is 0. The van der Waals surface area contributed by atoms with Gasteiger partial charge < -0.3 is 10.2 Å². The van der Waals surface area contributed by atoms with Crippen molar-refractivity contribution in [2.75, 3.05) is 0 Å². The predicted octanol–water partition coefficient (Wildman–Crippen LogP) is 3.62. The Bertz CT molecular complexity index is 383. The molecule has 110 valence electrons. The number of carboxylic acids is 2. The molecular weight excluding hydrogens is 260 g/mol. The van der Waals surface area contributed by atoms with Gasteiger partial charge in [0.15, 0.2) is 0 Å². The second-order valence-electron chi connectivity index (χ2n) is 7.13. The van der Waals surface area contributed by atoms with Gasteiger partial charge in [0.25, 0.3) is 0 Å². The van der Waals surface area contributed by atoms with E-state index in [1.54, 1.807) is 20.8 Å². The van der Waals surface area contributed by atoms with E-state index in [0.29, 0.717) is 6.42 Å². The van der Waals surface area contributed by atoms with Crippen LogP contribution < -0.4 is 0 Å². The van der Waals surface area contributed by atoms with E-state index in [1.807, 2.05) is 0 Å². The van der Waals surface area contributed by atoms with E-state index in [-0.39, 0.29) is 11.1 Å². The lowest BCUT2D eigenvalue weighted by atomic mass is 9.82. The molecule has 0 aromatic rings. The Kier molecular flexibility index (Phi) is 6.00. The van der Waals surface area contributed by atoms with Crippen molar-refractivity contribution in [2.45, 2.75) is 59.3 Å². The lowest BCUT2D eigenvalue weighted by Gasteiger charge is -2.23. The van der Waals surface area contributed by atoms with Crippen LogP contribution in [0.25, 0.3) is 0 Å². The molecule has 0 unspecified atom stereocenters. The summed E-state index contributed by atoms with van der Waals surface area (Å²) in [6.07, 6.45) is 1.07. The van der Waals surface area contributed by atoms with Crippen molar-refractivity contribution < 1.29 is 19.8 Å². The maximum Gasteiger partial charge on any atom is 0.332 e. The Morgan fingerprint density at radius 1 is 1.00 bits per heavy atom. The Labute approximate surface area is 116 Å². The van der Waals surface area contributed by atoms with E-state index < -0.39 is 25.4 Å². The smallest absolute Gasteiger partial charge is 0.332 e. The fourth-order valence-corrected chi connectivity index (χ4v) is 3.27. The van der Waals surface area contributed by atoms with Gasteiger partial charge in [-0.1, -0.05) is 52.9 Å². The van der Waals surface area contributed by atoms with Crippen LogP contribution in [-0.4, -0.2) is 30.2 Å². The Hall–Kier alpha value is -1.10. The van der Waals surface area contributed by atoms with Crippen LogP contribution in [0.3, 0.4) is 0 Å². The molecule has 0 aliphatic rings. The highest BCUT2D eigenvalue weighted by atomic mass is 28.3. The monoisotopic (exact) mass is 286 g/mol. The molecule has 0 spiro atoms. The number of hydrogen-bond donors (Lipinski definition) is 2. The standard InChI is InChI=1S/C14H26O4Si/c1-14(2,3)11(13(17)18)10(12(15)16)8-7-9-19(4,5)6/h7-9H2,1-6H3,(H,15,16)(H,17,18)/b11-10-. The number of rotatable bonds is 6. The first kappa shape index (κ1) is 17.9. The van der Waals surface area contributed by atoms with Crippen LogP contribution in [0.1, 0.15) is 33.6 Å². The number of hydrogen-bond acceptors (Lipinski definition) is 2. The van der Waals surface area contributed by atoms with Gasteiger partial charge in [0.1, 0.15) is 0 Å². The zero-order valence-corrected chi connectivity index (χ0v) is 13.8. The van der Waals surface area contributed by atoms with Crippen LogP contribution in [-0.2, 0) is 9.59 Å². The van der Waals surface area contributed by atoms with Crippen LogP contribution >= 0.6 is 0 Å². The molecule has 0 bridgehead atoms. The SMILES string of the molecule is CC(C)(C)/C(C(=O)O)=C(/CCC[Si](C)(C)C)C(=O)O. The second kappa shape index (κ2) is 6.37. The fourth-order valence-electron chi connectivity index (χ4n) is 2.04. The average molecular weight is 286 g/mol. The first-order valence-corrected chi connectivity index (χ1v) is 10.3. The molecule has 0 saturated carbocycles. The lowest BCUT2D eigenvalue weighted by Crippen LogP contribution is -2.24. The molecule has 19 heavy (non-hydrogen) atoms. The van der Waals surface area contributed by atoms with Crippen molar-refractivity contribution in [1.82, 2.24) is 0 Å². The summed E-state index contributed by atoms with van der Waals surface area (Å²) in [4.78, 5) is 22.7. The van der Waals surface area contributed by atoms with Gasteiger partial charge in [0.05, 0.1) is 5.57 Å². The fraction of sp³-hybridized carbons (Fsp3) is 0.714. The molecule has 0 aromatic carbocycles. The van der Waals surface area contributed by atoms with E-state index in [9.17, 15) is 19.8 Å². The summed E-state index contributed by atoms with van der Waals surface area (Å²) in [5.74, 6) is -2.24. The molecule has 0 aromatic heterocycles. The quantitative estimate of drug-likeness (QED) is 0.577. The van der Waals surface area contributed by atoms with Gasteiger partial charge in [0, 0.05) is 13.6 Å². The van der Waals surface area contributed by atoms with E-state index in [4.69, 9.17) is 0 Å². The minimum absolute atomic E-state index is 0.0237. The molecule has 0 fully saturated rings. The first-order valence-electron chi connectivity index (χ1n) is 6.56. The molecule has 2 N–H and O–H groups in total. The molecule has 0 atom stereocenters. The summed E-state index contributed by atoms with van der Waals surface area (Å²) in [6, 6.07) is 1.00. The Balaban J connectivity index is 5.27. The maximum absolute atomic E-state index is 11.3. The van der Waals surface area contributed by atoms with E-state index >= 15 is 0 Å². The number of aliphatic carboxylic acids is 2. The van der Waals surface area contributed by atoms with Crippen LogP contribution in [0.5, 0.6) is 0 Å². The molecule has 0 rings (SSSR count). The maximum atomic E-state index is 11.3. The third kappa shape index (κ3) is 6.57. The topological polar surface area (TPSA) is 74.6 Å². The van der Waals surface area contributed by atoms with E-state index in [2.05, 4.69) is 19.6 Å². The van der Waals surface area contributed by atoms with E-state index in [1.165, 1.54) is 0 Å². The van der Waals surface area contributed by atoms with Gasteiger partial charge in [-0.15, -0.1) is 0 Å². The molecule has 0 saturated heterocycles. The summed E-state index contributed by atoms with van der Waals surface area (Å²) in [5.41, 5.74) is -0.590. The van der Waals surface area contributed by atoms with Crippen LogP contribution in [0.15, 0.2) is 11.1 Å². The van der Waals surface area contributed by atoms with Crippen molar-refractivity contribution >= 4 is 20.0 Å². The van der Waals surface area contributed by atoms with Gasteiger partial charge in [-0.25, -0.2) is 9.59 Å². The predicted molar refractivity (Wildman–Crippen MR) is 79.1 cm³/mol. The molecule has 0 heterocycles. The van der Waals surface area contributed by atoms with Crippen LogP contribution in [0.4, 0.5) is 0 Å². The lowest BCUT2D eigenvalue weighted by molar-refractivity contribution is -0.137. The zero-order valence-electron chi connectivity index (χ0n) is 12.8. The average Bonchev–Trinajstić information content (AvgIpc) is 2.10. The molecular formula is C14H26O4Si. The molecule has 4 nitrogen and oxygen atoms in total. The normalized spacial score (nSPS) is 14.0. The van der Waals surface area contributed by atoms with Gasteiger partial charge in [0.2, 0.25) is 0 Å².